The van der Waals surface area contributed by atoms with Gasteiger partial charge in [-0.05, 0) is 18.6 Å². The van der Waals surface area contributed by atoms with Crippen LogP contribution < -0.4 is 10.6 Å². The van der Waals surface area contributed by atoms with E-state index < -0.39 is 11.5 Å². The molecule has 2 unspecified atom stereocenters. The van der Waals surface area contributed by atoms with E-state index >= 15 is 0 Å². The quantitative estimate of drug-likeness (QED) is 0.875. The van der Waals surface area contributed by atoms with Gasteiger partial charge in [0.1, 0.15) is 6.04 Å². The van der Waals surface area contributed by atoms with E-state index in [4.69, 9.17) is 0 Å². The van der Waals surface area contributed by atoms with Crippen LogP contribution in [0.2, 0.25) is 0 Å². The normalized spacial score (nSPS) is 20.0. The van der Waals surface area contributed by atoms with Gasteiger partial charge in [0.25, 0.3) is 0 Å². The van der Waals surface area contributed by atoms with E-state index in [0.29, 0.717) is 13.1 Å². The van der Waals surface area contributed by atoms with Crippen molar-refractivity contribution in [3.05, 3.63) is 30.1 Å². The van der Waals surface area contributed by atoms with Crippen molar-refractivity contribution in [2.45, 2.75) is 39.8 Å². The second-order valence-electron chi connectivity index (χ2n) is 6.98. The second kappa shape index (κ2) is 7.08. The van der Waals surface area contributed by atoms with Gasteiger partial charge in [0, 0.05) is 37.4 Å². The van der Waals surface area contributed by atoms with Gasteiger partial charge < -0.3 is 15.5 Å². The molecule has 2 N–H and O–H groups in total. The molecule has 0 spiro atoms. The molecule has 0 radical (unpaired) electrons. The lowest BCUT2D eigenvalue weighted by molar-refractivity contribution is -0.140. The number of nitrogens with zero attached hydrogens (tertiary/aromatic N) is 2. The Morgan fingerprint density at radius 3 is 2.78 bits per heavy atom. The predicted octanol–water partition coefficient (Wildman–Crippen LogP) is 1.11. The fourth-order valence-corrected chi connectivity index (χ4v) is 2.56. The Bertz CT molecular complexity index is 553. The van der Waals surface area contributed by atoms with Crippen LogP contribution in [-0.4, -0.2) is 47.4 Å². The van der Waals surface area contributed by atoms with Crippen molar-refractivity contribution in [2.75, 3.05) is 19.6 Å². The molecule has 0 saturated carbocycles. The molecule has 1 saturated heterocycles. The van der Waals surface area contributed by atoms with E-state index in [1.165, 1.54) is 0 Å². The molecule has 1 aromatic heterocycles. The molecule has 0 aromatic carbocycles. The van der Waals surface area contributed by atoms with Crippen LogP contribution in [0, 0.1) is 5.41 Å². The molecule has 1 aliphatic rings. The van der Waals surface area contributed by atoms with E-state index in [2.05, 4.69) is 15.6 Å². The van der Waals surface area contributed by atoms with Gasteiger partial charge >= 0.3 is 0 Å². The van der Waals surface area contributed by atoms with E-state index in [0.717, 1.165) is 12.1 Å². The number of aromatic nitrogens is 1. The maximum absolute atomic E-state index is 12.8. The zero-order valence-electron chi connectivity index (χ0n) is 14.3. The Kier molecular flexibility index (Phi) is 5.36. The van der Waals surface area contributed by atoms with Crippen molar-refractivity contribution in [3.63, 3.8) is 0 Å². The molecule has 2 atom stereocenters. The monoisotopic (exact) mass is 318 g/mol. The number of piperazine rings is 1. The Labute approximate surface area is 137 Å². The molecule has 1 aliphatic heterocycles. The fourth-order valence-electron chi connectivity index (χ4n) is 2.56. The first-order valence-electron chi connectivity index (χ1n) is 8.03. The molecular weight excluding hydrogens is 292 g/mol. The summed E-state index contributed by atoms with van der Waals surface area (Å²) in [5, 5.41) is 6.14. The Balaban J connectivity index is 2.11. The third-order valence-electron chi connectivity index (χ3n) is 3.99. The van der Waals surface area contributed by atoms with Crippen LogP contribution in [0.25, 0.3) is 0 Å². The zero-order chi connectivity index (χ0) is 17.0. The molecule has 1 fully saturated rings. The summed E-state index contributed by atoms with van der Waals surface area (Å²) >= 11 is 0. The van der Waals surface area contributed by atoms with E-state index in [1.807, 2.05) is 37.8 Å². The number of carbonyl (C=O) groups is 2. The Morgan fingerprint density at radius 2 is 2.17 bits per heavy atom. The van der Waals surface area contributed by atoms with Gasteiger partial charge in [-0.3, -0.25) is 14.6 Å². The van der Waals surface area contributed by atoms with Gasteiger partial charge in [-0.1, -0.05) is 26.8 Å². The van der Waals surface area contributed by atoms with E-state index in [1.54, 1.807) is 19.3 Å². The molecule has 0 aliphatic carbocycles. The van der Waals surface area contributed by atoms with Crippen LogP contribution in [0.1, 0.15) is 39.3 Å². The second-order valence-corrected chi connectivity index (χ2v) is 6.98. The highest BCUT2D eigenvalue weighted by Crippen LogP contribution is 2.22. The SMILES string of the molecule is CC(NC(=O)C(C)(C)C)C(=O)N1CCNCC1c1cccnc1. The highest BCUT2D eigenvalue weighted by molar-refractivity contribution is 5.89. The lowest BCUT2D eigenvalue weighted by Crippen LogP contribution is -2.55. The first kappa shape index (κ1) is 17.4. The molecule has 0 bridgehead atoms. The van der Waals surface area contributed by atoms with Crippen molar-refractivity contribution in [1.82, 2.24) is 20.5 Å². The summed E-state index contributed by atoms with van der Waals surface area (Å²) in [6.07, 6.45) is 3.51. The Hall–Kier alpha value is -1.95. The van der Waals surface area contributed by atoms with Gasteiger partial charge in [-0.2, -0.15) is 0 Å². The standard InChI is InChI=1S/C17H26N4O2/c1-12(20-16(23)17(2,3)4)15(22)21-9-8-19-11-14(21)13-6-5-7-18-10-13/h5-7,10,12,14,19H,8-9,11H2,1-4H3,(H,20,23). The minimum absolute atomic E-state index is 0.0565. The van der Waals surface area contributed by atoms with Crippen molar-refractivity contribution in [1.29, 1.82) is 0 Å². The smallest absolute Gasteiger partial charge is 0.245 e. The third-order valence-corrected chi connectivity index (χ3v) is 3.99. The Morgan fingerprint density at radius 1 is 1.43 bits per heavy atom. The largest absolute Gasteiger partial charge is 0.344 e. The number of amides is 2. The van der Waals surface area contributed by atoms with Gasteiger partial charge in [-0.15, -0.1) is 0 Å². The molecule has 1 aromatic rings. The van der Waals surface area contributed by atoms with Crippen LogP contribution >= 0.6 is 0 Å². The number of rotatable bonds is 3. The van der Waals surface area contributed by atoms with Crippen molar-refractivity contribution < 1.29 is 9.59 Å². The van der Waals surface area contributed by atoms with Gasteiger partial charge in [-0.25, -0.2) is 0 Å². The maximum Gasteiger partial charge on any atom is 0.245 e. The first-order valence-corrected chi connectivity index (χ1v) is 8.03. The summed E-state index contributed by atoms with van der Waals surface area (Å²) < 4.78 is 0. The minimum Gasteiger partial charge on any atom is -0.344 e. The van der Waals surface area contributed by atoms with Crippen molar-refractivity contribution >= 4 is 11.8 Å². The number of hydrogen-bond acceptors (Lipinski definition) is 4. The molecule has 2 amide bonds. The fraction of sp³-hybridized carbons (Fsp3) is 0.588. The number of hydrogen-bond donors (Lipinski definition) is 2. The first-order chi connectivity index (χ1) is 10.8. The summed E-state index contributed by atoms with van der Waals surface area (Å²) in [5.41, 5.74) is 0.489. The van der Waals surface area contributed by atoms with Crippen LogP contribution in [0.3, 0.4) is 0 Å². The number of nitrogens with one attached hydrogen (secondary N) is 2. The molecule has 2 heterocycles. The lowest BCUT2D eigenvalue weighted by atomic mass is 9.95. The van der Waals surface area contributed by atoms with Crippen LogP contribution in [0.5, 0.6) is 0 Å². The molecule has 23 heavy (non-hydrogen) atoms. The third kappa shape index (κ3) is 4.28. The van der Waals surface area contributed by atoms with Gasteiger partial charge in [0.2, 0.25) is 11.8 Å². The molecule has 6 nitrogen and oxygen atoms in total. The topological polar surface area (TPSA) is 74.3 Å². The van der Waals surface area contributed by atoms with Crippen molar-refractivity contribution in [2.24, 2.45) is 5.41 Å². The van der Waals surface area contributed by atoms with Crippen molar-refractivity contribution in [3.8, 4) is 0 Å². The number of carbonyl (C=O) groups excluding carboxylic acids is 2. The molecular formula is C17H26N4O2. The number of pyridine rings is 1. The molecule has 126 valence electrons. The van der Waals surface area contributed by atoms with Crippen LogP contribution in [0.15, 0.2) is 24.5 Å². The predicted molar refractivity (Wildman–Crippen MR) is 88.6 cm³/mol. The highest BCUT2D eigenvalue weighted by Gasteiger charge is 2.32. The highest BCUT2D eigenvalue weighted by atomic mass is 16.2. The lowest BCUT2D eigenvalue weighted by Gasteiger charge is -2.38. The maximum atomic E-state index is 12.8. The van der Waals surface area contributed by atoms with E-state index in [-0.39, 0.29) is 17.9 Å². The van der Waals surface area contributed by atoms with Gasteiger partial charge in [0.05, 0.1) is 6.04 Å². The van der Waals surface area contributed by atoms with E-state index in [9.17, 15) is 9.59 Å². The summed E-state index contributed by atoms with van der Waals surface area (Å²) in [7, 11) is 0. The average molecular weight is 318 g/mol. The van der Waals surface area contributed by atoms with Crippen LogP contribution in [0.4, 0.5) is 0 Å². The van der Waals surface area contributed by atoms with Gasteiger partial charge in [0.15, 0.2) is 0 Å². The molecule has 6 heteroatoms. The minimum atomic E-state index is -0.543. The summed E-state index contributed by atoms with van der Waals surface area (Å²) in [4.78, 5) is 30.9. The van der Waals surface area contributed by atoms with Crippen LogP contribution in [-0.2, 0) is 9.59 Å². The zero-order valence-corrected chi connectivity index (χ0v) is 14.3. The summed E-state index contributed by atoms with van der Waals surface area (Å²) in [5.74, 6) is -0.177. The molecule has 2 rings (SSSR count). The summed E-state index contributed by atoms with van der Waals surface area (Å²) in [6, 6.07) is 3.25. The summed E-state index contributed by atoms with van der Waals surface area (Å²) in [6.45, 7) is 9.32. The average Bonchev–Trinajstić information content (AvgIpc) is 2.54.